The Balaban J connectivity index is 1.81. The average Bonchev–Trinajstić information content (AvgIpc) is 3.09. The minimum atomic E-state index is -0.639. The lowest BCUT2D eigenvalue weighted by atomic mass is 10.1. The molecule has 3 rings (SSSR count). The second-order valence-corrected chi connectivity index (χ2v) is 7.07. The smallest absolute Gasteiger partial charge is 0.256 e. The molecule has 0 radical (unpaired) electrons. The first-order valence-corrected chi connectivity index (χ1v) is 8.95. The number of carbonyl (C=O) groups is 2. The van der Waals surface area contributed by atoms with Crippen LogP contribution in [0.5, 0.6) is 0 Å². The van der Waals surface area contributed by atoms with Gasteiger partial charge in [0.2, 0.25) is 5.91 Å². The van der Waals surface area contributed by atoms with Crippen LogP contribution >= 0.6 is 23.2 Å². The van der Waals surface area contributed by atoms with Gasteiger partial charge in [-0.2, -0.15) is 0 Å². The number of carbonyl (C=O) groups excluding carboxylic acids is 2. The van der Waals surface area contributed by atoms with Gasteiger partial charge in [-0.15, -0.1) is 0 Å². The average molecular weight is 395 g/mol. The van der Waals surface area contributed by atoms with Crippen molar-refractivity contribution in [1.29, 1.82) is 0 Å². The van der Waals surface area contributed by atoms with Crippen molar-refractivity contribution < 1.29 is 14.0 Å². The third kappa shape index (κ3) is 3.84. The van der Waals surface area contributed by atoms with Crippen molar-refractivity contribution in [3.63, 3.8) is 0 Å². The highest BCUT2D eigenvalue weighted by molar-refractivity contribution is 6.35. The highest BCUT2D eigenvalue weighted by Crippen LogP contribution is 2.27. The van der Waals surface area contributed by atoms with Gasteiger partial charge in [0.05, 0.1) is 10.6 Å². The molecule has 26 heavy (non-hydrogen) atoms. The predicted molar refractivity (Wildman–Crippen MR) is 100 cm³/mol. The van der Waals surface area contributed by atoms with E-state index in [0.29, 0.717) is 30.1 Å². The third-order valence-electron chi connectivity index (χ3n) is 4.43. The Morgan fingerprint density at radius 3 is 2.73 bits per heavy atom. The van der Waals surface area contributed by atoms with Gasteiger partial charge in [0.25, 0.3) is 5.91 Å². The highest BCUT2D eigenvalue weighted by Gasteiger charge is 2.35. The first-order valence-electron chi connectivity index (χ1n) is 8.20. The molecule has 0 spiro atoms. The van der Waals surface area contributed by atoms with Gasteiger partial charge in [-0.1, -0.05) is 29.3 Å². The molecule has 1 aliphatic heterocycles. The maximum absolute atomic E-state index is 13.4. The molecule has 0 bridgehead atoms. The normalized spacial score (nSPS) is 16.6. The molecule has 4 nitrogen and oxygen atoms in total. The van der Waals surface area contributed by atoms with Crippen LogP contribution in [-0.4, -0.2) is 29.3 Å². The summed E-state index contributed by atoms with van der Waals surface area (Å²) in [6.45, 7) is 2.22. The van der Waals surface area contributed by atoms with Crippen molar-refractivity contribution >= 4 is 40.7 Å². The van der Waals surface area contributed by atoms with E-state index in [4.69, 9.17) is 23.2 Å². The van der Waals surface area contributed by atoms with Crippen molar-refractivity contribution in [2.45, 2.75) is 25.8 Å². The van der Waals surface area contributed by atoms with Gasteiger partial charge in [0.1, 0.15) is 11.9 Å². The summed E-state index contributed by atoms with van der Waals surface area (Å²) in [5.41, 5.74) is 1.41. The maximum Gasteiger partial charge on any atom is 0.256 e. The molecule has 0 saturated carbocycles. The van der Waals surface area contributed by atoms with E-state index < -0.39 is 11.9 Å². The molecule has 1 unspecified atom stereocenters. The van der Waals surface area contributed by atoms with Gasteiger partial charge in [-0.3, -0.25) is 9.59 Å². The number of aryl methyl sites for hydroxylation is 1. The summed E-state index contributed by atoms with van der Waals surface area (Å²) in [7, 11) is 0. The number of benzene rings is 2. The van der Waals surface area contributed by atoms with Crippen LogP contribution in [-0.2, 0) is 4.79 Å². The summed E-state index contributed by atoms with van der Waals surface area (Å²) < 4.78 is 13.4. The minimum absolute atomic E-state index is 0.265. The molecule has 1 saturated heterocycles. The minimum Gasteiger partial charge on any atom is -0.327 e. The molecule has 1 aliphatic rings. The SMILES string of the molecule is Cc1ccc(F)cc1NC(=O)C1CCCN1C(=O)c1cc(Cl)ccc1Cl. The van der Waals surface area contributed by atoms with E-state index in [1.165, 1.54) is 23.1 Å². The first kappa shape index (κ1) is 18.7. The molecule has 2 amide bonds. The molecule has 0 aliphatic carbocycles. The number of nitrogens with zero attached hydrogens (tertiary/aromatic N) is 1. The van der Waals surface area contributed by atoms with E-state index in [9.17, 15) is 14.0 Å². The Bertz CT molecular complexity index is 873. The fourth-order valence-corrected chi connectivity index (χ4v) is 3.41. The van der Waals surface area contributed by atoms with E-state index in [-0.39, 0.29) is 22.4 Å². The quantitative estimate of drug-likeness (QED) is 0.820. The standard InChI is InChI=1S/C19H17Cl2FN2O2/c1-11-4-6-13(22)10-16(11)23-18(25)17-3-2-8-24(17)19(26)14-9-12(20)5-7-15(14)21/h4-7,9-10,17H,2-3,8H2,1H3,(H,23,25). The van der Waals surface area contributed by atoms with Crippen LogP contribution in [0.25, 0.3) is 0 Å². The Kier molecular flexibility index (Phi) is 5.49. The second kappa shape index (κ2) is 7.64. The van der Waals surface area contributed by atoms with Crippen molar-refractivity contribution in [2.75, 3.05) is 11.9 Å². The van der Waals surface area contributed by atoms with Crippen molar-refractivity contribution in [1.82, 2.24) is 4.90 Å². The number of likely N-dealkylation sites (tertiary alicyclic amines) is 1. The van der Waals surface area contributed by atoms with Crippen LogP contribution < -0.4 is 5.32 Å². The van der Waals surface area contributed by atoms with Crippen LogP contribution in [0.4, 0.5) is 10.1 Å². The molecule has 1 fully saturated rings. The largest absolute Gasteiger partial charge is 0.327 e. The van der Waals surface area contributed by atoms with Gasteiger partial charge in [0, 0.05) is 17.3 Å². The van der Waals surface area contributed by atoms with Crippen molar-refractivity contribution in [3.8, 4) is 0 Å². The molecule has 7 heteroatoms. The molecular formula is C19H17Cl2FN2O2. The molecule has 136 valence electrons. The molecule has 0 aromatic heterocycles. The molecule has 1 atom stereocenters. The van der Waals surface area contributed by atoms with Gasteiger partial charge >= 0.3 is 0 Å². The summed E-state index contributed by atoms with van der Waals surface area (Å²) in [5.74, 6) is -1.12. The summed E-state index contributed by atoms with van der Waals surface area (Å²) >= 11 is 12.1. The number of anilines is 1. The lowest BCUT2D eigenvalue weighted by Gasteiger charge is -2.25. The van der Waals surface area contributed by atoms with Crippen molar-refractivity contribution in [2.24, 2.45) is 0 Å². The van der Waals surface area contributed by atoms with Gasteiger partial charge in [0.15, 0.2) is 0 Å². The number of hydrogen-bond donors (Lipinski definition) is 1. The van der Waals surface area contributed by atoms with E-state index in [1.54, 1.807) is 25.1 Å². The van der Waals surface area contributed by atoms with E-state index in [1.807, 2.05) is 0 Å². The van der Waals surface area contributed by atoms with Gasteiger partial charge in [-0.05, 0) is 55.7 Å². The summed E-state index contributed by atoms with van der Waals surface area (Å²) in [5, 5.41) is 3.40. The first-order chi connectivity index (χ1) is 12.4. The number of halogens is 3. The van der Waals surface area contributed by atoms with Crippen LogP contribution in [0.3, 0.4) is 0 Å². The van der Waals surface area contributed by atoms with Crippen LogP contribution in [0.2, 0.25) is 10.0 Å². The van der Waals surface area contributed by atoms with Crippen LogP contribution in [0, 0.1) is 12.7 Å². The fourth-order valence-electron chi connectivity index (χ4n) is 3.04. The van der Waals surface area contributed by atoms with Gasteiger partial charge < -0.3 is 10.2 Å². The maximum atomic E-state index is 13.4. The lowest BCUT2D eigenvalue weighted by molar-refractivity contribution is -0.119. The third-order valence-corrected chi connectivity index (χ3v) is 5.00. The van der Waals surface area contributed by atoms with Crippen LogP contribution in [0.1, 0.15) is 28.8 Å². The number of hydrogen-bond acceptors (Lipinski definition) is 2. The number of amides is 2. The molecule has 1 N–H and O–H groups in total. The Morgan fingerprint density at radius 1 is 1.19 bits per heavy atom. The van der Waals surface area contributed by atoms with E-state index in [0.717, 1.165) is 5.56 Å². The molecular weight excluding hydrogens is 378 g/mol. The number of nitrogens with one attached hydrogen (secondary N) is 1. The molecule has 1 heterocycles. The van der Waals surface area contributed by atoms with Crippen molar-refractivity contribution in [3.05, 3.63) is 63.4 Å². The lowest BCUT2D eigenvalue weighted by Crippen LogP contribution is -2.43. The highest BCUT2D eigenvalue weighted by atomic mass is 35.5. The van der Waals surface area contributed by atoms with E-state index in [2.05, 4.69) is 5.32 Å². The Morgan fingerprint density at radius 2 is 1.96 bits per heavy atom. The number of rotatable bonds is 3. The Labute approximate surface area is 160 Å². The Hall–Kier alpha value is -2.11. The predicted octanol–water partition coefficient (Wildman–Crippen LogP) is 4.68. The van der Waals surface area contributed by atoms with Crippen LogP contribution in [0.15, 0.2) is 36.4 Å². The zero-order valence-electron chi connectivity index (χ0n) is 14.1. The summed E-state index contributed by atoms with van der Waals surface area (Å²) in [4.78, 5) is 27.0. The molecule has 2 aromatic rings. The fraction of sp³-hybridized carbons (Fsp3) is 0.263. The monoisotopic (exact) mass is 394 g/mol. The summed E-state index contributed by atoms with van der Waals surface area (Å²) in [6, 6.07) is 8.20. The zero-order valence-corrected chi connectivity index (χ0v) is 15.6. The summed E-state index contributed by atoms with van der Waals surface area (Å²) in [6.07, 6.45) is 1.23. The van der Waals surface area contributed by atoms with E-state index >= 15 is 0 Å². The second-order valence-electron chi connectivity index (χ2n) is 6.23. The molecule has 2 aromatic carbocycles. The zero-order chi connectivity index (χ0) is 18.8. The van der Waals surface area contributed by atoms with Gasteiger partial charge in [-0.25, -0.2) is 4.39 Å². The topological polar surface area (TPSA) is 49.4 Å².